The highest BCUT2D eigenvalue weighted by Gasteiger charge is 1.42. The van der Waals surface area contributed by atoms with Crippen molar-refractivity contribution in [1.29, 1.82) is 0 Å². The van der Waals surface area contributed by atoms with Crippen LogP contribution in [0.2, 0.25) is 0 Å². The third-order valence-corrected chi connectivity index (χ3v) is 0.329. The predicted molar refractivity (Wildman–Crippen MR) is 32.3 cm³/mol. The maximum Gasteiger partial charge on any atom is -0.0467 e. The van der Waals surface area contributed by atoms with Crippen LogP contribution in [0.5, 0.6) is 0 Å². The summed E-state index contributed by atoms with van der Waals surface area (Å²) in [6, 6.07) is 0. The van der Waals surface area contributed by atoms with Crippen LogP contribution in [0.4, 0.5) is 0 Å². The molecule has 0 rings (SSSR count). The molecule has 0 aromatic heterocycles. The molecular weight excluding hydrogens is 95.5 g/mol. The fourth-order valence-corrected chi connectivity index (χ4v) is 0.136. The summed E-state index contributed by atoms with van der Waals surface area (Å²) in [5.74, 6) is 0. The second-order valence-electron chi connectivity index (χ2n) is 0.761. The fourth-order valence-electron chi connectivity index (χ4n) is 0.136. The molecule has 0 N–H and O–H groups in total. The third kappa shape index (κ3) is 9.23. The minimum atomic E-state index is 0. The molecular formula is C5H9Cl. The summed E-state index contributed by atoms with van der Waals surface area (Å²) in [6.45, 7) is 5.42. The summed E-state index contributed by atoms with van der Waals surface area (Å²) in [6.07, 6.45) is 5.58. The predicted octanol–water partition coefficient (Wildman–Crippen LogP) is 2.17. The molecule has 0 atom stereocenters. The van der Waals surface area contributed by atoms with Crippen LogP contribution in [0.3, 0.4) is 0 Å². The van der Waals surface area contributed by atoms with E-state index in [-0.39, 0.29) is 12.4 Å². The van der Waals surface area contributed by atoms with E-state index in [0.29, 0.717) is 0 Å². The highest BCUT2D eigenvalue weighted by molar-refractivity contribution is 5.85. The van der Waals surface area contributed by atoms with Gasteiger partial charge >= 0.3 is 0 Å². The highest BCUT2D eigenvalue weighted by atomic mass is 35.5. The van der Waals surface area contributed by atoms with Crippen LogP contribution < -0.4 is 0 Å². The molecule has 0 fully saturated rings. The Kier molecular flexibility index (Phi) is 13.6. The number of hydrogen-bond acceptors (Lipinski definition) is 0. The Labute approximate surface area is 45.0 Å². The van der Waals surface area contributed by atoms with Crippen LogP contribution in [0.15, 0.2) is 24.8 Å². The second-order valence-corrected chi connectivity index (χ2v) is 0.761. The van der Waals surface area contributed by atoms with Gasteiger partial charge in [-0.15, -0.1) is 12.4 Å². The first kappa shape index (κ1) is 9.24. The quantitative estimate of drug-likeness (QED) is 0.448. The van der Waals surface area contributed by atoms with Gasteiger partial charge in [0.25, 0.3) is 0 Å². The van der Waals surface area contributed by atoms with Gasteiger partial charge in [0.2, 0.25) is 0 Å². The Bertz CT molecular complexity index is 45.9. The zero-order valence-corrected chi connectivity index (χ0v) is 4.66. The topological polar surface area (TPSA) is 0 Å². The maximum absolute atomic E-state index is 3.46. The number of allylic oxidation sites excluding steroid dienone is 3. The zero-order chi connectivity index (χ0) is 4.12. The van der Waals surface area contributed by atoms with E-state index in [4.69, 9.17) is 0 Å². The molecule has 0 radical (unpaired) electrons. The second kappa shape index (κ2) is 8.84. The lowest BCUT2D eigenvalue weighted by molar-refractivity contribution is 1.74. The van der Waals surface area contributed by atoms with E-state index in [1.54, 1.807) is 6.08 Å². The molecule has 0 heterocycles. The van der Waals surface area contributed by atoms with Crippen molar-refractivity contribution in [3.63, 3.8) is 0 Å². The van der Waals surface area contributed by atoms with Crippen LogP contribution in [-0.4, -0.2) is 0 Å². The molecule has 0 aliphatic carbocycles. The number of hydrogen-bond donors (Lipinski definition) is 0. The molecule has 0 aromatic carbocycles. The van der Waals surface area contributed by atoms with E-state index in [0.717, 1.165) is 0 Å². The first-order valence-corrected chi connectivity index (χ1v) is 1.65. The van der Waals surface area contributed by atoms with Crippen LogP contribution in [-0.2, 0) is 0 Å². The SMILES string of the molecule is C=CC=CC.Cl. The van der Waals surface area contributed by atoms with Gasteiger partial charge in [-0.1, -0.05) is 24.8 Å². The van der Waals surface area contributed by atoms with Gasteiger partial charge in [0.05, 0.1) is 0 Å². The monoisotopic (exact) mass is 104 g/mol. The fraction of sp³-hybridized carbons (Fsp3) is 0.200. The molecule has 6 heavy (non-hydrogen) atoms. The lowest BCUT2D eigenvalue weighted by Crippen LogP contribution is -1.33. The first-order valence-electron chi connectivity index (χ1n) is 1.65. The molecule has 0 saturated carbocycles. The Morgan fingerprint density at radius 1 is 1.50 bits per heavy atom. The molecule has 0 amide bonds. The Morgan fingerprint density at radius 3 is 2.00 bits per heavy atom. The molecule has 0 aliphatic rings. The van der Waals surface area contributed by atoms with Gasteiger partial charge in [0, 0.05) is 0 Å². The smallest absolute Gasteiger partial charge is 0.0467 e. The van der Waals surface area contributed by atoms with Gasteiger partial charge in [0.15, 0.2) is 0 Å². The van der Waals surface area contributed by atoms with Gasteiger partial charge in [-0.05, 0) is 6.92 Å². The van der Waals surface area contributed by atoms with E-state index >= 15 is 0 Å². The van der Waals surface area contributed by atoms with Crippen LogP contribution >= 0.6 is 12.4 Å². The maximum atomic E-state index is 3.46. The molecule has 0 nitrogen and oxygen atoms in total. The molecule has 0 unspecified atom stereocenters. The Morgan fingerprint density at radius 2 is 2.00 bits per heavy atom. The molecule has 0 spiro atoms. The van der Waals surface area contributed by atoms with Gasteiger partial charge in [0.1, 0.15) is 0 Å². The van der Waals surface area contributed by atoms with Crippen LogP contribution in [0.25, 0.3) is 0 Å². The lowest BCUT2D eigenvalue weighted by Gasteiger charge is -1.56. The van der Waals surface area contributed by atoms with Crippen molar-refractivity contribution in [1.82, 2.24) is 0 Å². The molecule has 0 saturated heterocycles. The van der Waals surface area contributed by atoms with Gasteiger partial charge in [-0.2, -0.15) is 0 Å². The normalized spacial score (nSPS) is 7.50. The summed E-state index contributed by atoms with van der Waals surface area (Å²) >= 11 is 0. The summed E-state index contributed by atoms with van der Waals surface area (Å²) in [5.41, 5.74) is 0. The lowest BCUT2D eigenvalue weighted by atomic mass is 10.5. The molecule has 1 heteroatoms. The third-order valence-electron chi connectivity index (χ3n) is 0.329. The van der Waals surface area contributed by atoms with E-state index in [1.165, 1.54) is 0 Å². The first-order chi connectivity index (χ1) is 2.41. The molecule has 0 bridgehead atoms. The Hall–Kier alpha value is -0.230. The summed E-state index contributed by atoms with van der Waals surface area (Å²) in [7, 11) is 0. The van der Waals surface area contributed by atoms with Crippen LogP contribution in [0, 0.1) is 0 Å². The van der Waals surface area contributed by atoms with Crippen LogP contribution in [0.1, 0.15) is 6.92 Å². The van der Waals surface area contributed by atoms with Gasteiger partial charge in [-0.3, -0.25) is 0 Å². The summed E-state index contributed by atoms with van der Waals surface area (Å²) in [4.78, 5) is 0. The average molecular weight is 105 g/mol. The largest absolute Gasteiger partial charge is 0.147 e. The minimum absolute atomic E-state index is 0. The van der Waals surface area contributed by atoms with Gasteiger partial charge < -0.3 is 0 Å². The van der Waals surface area contributed by atoms with E-state index < -0.39 is 0 Å². The number of rotatable bonds is 1. The molecule has 36 valence electrons. The minimum Gasteiger partial charge on any atom is -0.147 e. The highest BCUT2D eigenvalue weighted by Crippen LogP contribution is 1.64. The van der Waals surface area contributed by atoms with Gasteiger partial charge in [-0.25, -0.2) is 0 Å². The van der Waals surface area contributed by atoms with E-state index in [9.17, 15) is 0 Å². The van der Waals surface area contributed by atoms with Crippen molar-refractivity contribution in [3.8, 4) is 0 Å². The van der Waals surface area contributed by atoms with Crippen molar-refractivity contribution in [2.75, 3.05) is 0 Å². The Balaban J connectivity index is 0. The zero-order valence-electron chi connectivity index (χ0n) is 3.85. The van der Waals surface area contributed by atoms with Crippen molar-refractivity contribution in [3.05, 3.63) is 24.8 Å². The van der Waals surface area contributed by atoms with Crippen molar-refractivity contribution < 1.29 is 0 Å². The number of halogens is 1. The molecule has 0 aromatic rings. The van der Waals surface area contributed by atoms with Crippen molar-refractivity contribution in [2.24, 2.45) is 0 Å². The average Bonchev–Trinajstić information content (AvgIpc) is 1.41. The van der Waals surface area contributed by atoms with E-state index in [2.05, 4.69) is 6.58 Å². The van der Waals surface area contributed by atoms with Crippen molar-refractivity contribution >= 4 is 12.4 Å². The standard InChI is InChI=1S/C5H8.ClH/c1-3-5-4-2;/h3-5H,1H2,2H3;1H. The molecule has 0 aliphatic heterocycles. The van der Waals surface area contributed by atoms with Crippen molar-refractivity contribution in [2.45, 2.75) is 6.92 Å². The summed E-state index contributed by atoms with van der Waals surface area (Å²) < 4.78 is 0. The van der Waals surface area contributed by atoms with E-state index in [1.807, 2.05) is 19.1 Å². The summed E-state index contributed by atoms with van der Waals surface area (Å²) in [5, 5.41) is 0.